The third-order valence-corrected chi connectivity index (χ3v) is 3.99. The quantitative estimate of drug-likeness (QED) is 0.790. The minimum Gasteiger partial charge on any atom is -0.362 e. The van der Waals surface area contributed by atoms with Gasteiger partial charge >= 0.3 is 0 Å². The second kappa shape index (κ2) is 5.71. The molecular formula is C14H17N3O3S. The Kier molecular flexibility index (Phi) is 4.15. The van der Waals surface area contributed by atoms with Crippen molar-refractivity contribution in [1.29, 1.82) is 0 Å². The third-order valence-electron chi connectivity index (χ3n) is 3.07. The molecule has 0 atom stereocenters. The fourth-order valence-corrected chi connectivity index (χ4v) is 2.65. The number of aromatic amines is 1. The minimum atomic E-state index is -3.74. The van der Waals surface area contributed by atoms with Gasteiger partial charge in [0.15, 0.2) is 0 Å². The van der Waals surface area contributed by atoms with Crippen molar-refractivity contribution in [3.05, 3.63) is 52.8 Å². The zero-order chi connectivity index (χ0) is 15.6. The molecule has 0 aliphatic heterocycles. The van der Waals surface area contributed by atoms with Crippen LogP contribution in [0.3, 0.4) is 0 Å². The lowest BCUT2D eigenvalue weighted by atomic mass is 10.2. The third kappa shape index (κ3) is 3.71. The number of rotatable bonds is 4. The van der Waals surface area contributed by atoms with Gasteiger partial charge < -0.3 is 10.3 Å². The van der Waals surface area contributed by atoms with E-state index in [0.29, 0.717) is 11.1 Å². The first kappa shape index (κ1) is 15.3. The maximum atomic E-state index is 12.1. The van der Waals surface area contributed by atoms with E-state index in [1.54, 1.807) is 18.2 Å². The van der Waals surface area contributed by atoms with Crippen LogP contribution in [0.5, 0.6) is 0 Å². The second-order valence-corrected chi connectivity index (χ2v) is 6.43. The van der Waals surface area contributed by atoms with Gasteiger partial charge in [0.1, 0.15) is 0 Å². The average Bonchev–Trinajstić information content (AvgIpc) is 2.74. The number of H-pyrrole nitrogens is 1. The molecule has 0 spiro atoms. The lowest BCUT2D eigenvalue weighted by Crippen LogP contribution is -2.23. The summed E-state index contributed by atoms with van der Waals surface area (Å²) in [6.45, 7) is 3.93. The summed E-state index contributed by atoms with van der Waals surface area (Å²) < 4.78 is 22.6. The minimum absolute atomic E-state index is 0.0305. The Hall–Kier alpha value is -2.12. The molecule has 0 bridgehead atoms. The molecule has 4 N–H and O–H groups in total. The Morgan fingerprint density at radius 2 is 2.00 bits per heavy atom. The number of nitrogens with one attached hydrogen (secondary N) is 2. The monoisotopic (exact) mass is 307 g/mol. The molecule has 112 valence electrons. The number of amides is 1. The molecule has 0 aliphatic carbocycles. The Morgan fingerprint density at radius 1 is 1.29 bits per heavy atom. The molecule has 0 fully saturated rings. The van der Waals surface area contributed by atoms with E-state index in [4.69, 9.17) is 5.14 Å². The fourth-order valence-electron chi connectivity index (χ4n) is 2.07. The molecule has 2 rings (SSSR count). The van der Waals surface area contributed by atoms with Crippen molar-refractivity contribution in [2.24, 2.45) is 5.14 Å². The van der Waals surface area contributed by atoms with Gasteiger partial charge in [0.25, 0.3) is 5.91 Å². The predicted octanol–water partition coefficient (Wildman–Crippen LogP) is 1.21. The molecule has 0 saturated carbocycles. The smallest absolute Gasteiger partial charge is 0.253 e. The Bertz CT molecular complexity index is 779. The van der Waals surface area contributed by atoms with E-state index >= 15 is 0 Å². The molecule has 0 aliphatic rings. The van der Waals surface area contributed by atoms with Crippen LogP contribution in [-0.2, 0) is 16.6 Å². The second-order valence-electron chi connectivity index (χ2n) is 4.87. The molecule has 7 heteroatoms. The summed E-state index contributed by atoms with van der Waals surface area (Å²) >= 11 is 0. The first-order valence-corrected chi connectivity index (χ1v) is 7.88. The summed E-state index contributed by atoms with van der Waals surface area (Å²) in [6.07, 6.45) is 0. The van der Waals surface area contributed by atoms with Crippen molar-refractivity contribution in [1.82, 2.24) is 10.3 Å². The van der Waals surface area contributed by atoms with E-state index in [-0.39, 0.29) is 17.3 Å². The SMILES string of the molecule is Cc1cc(C(=O)NCc2cccc(S(N)(=O)=O)c2)c(C)[nH]1. The highest BCUT2D eigenvalue weighted by atomic mass is 32.2. The summed E-state index contributed by atoms with van der Waals surface area (Å²) in [5.74, 6) is -0.210. The van der Waals surface area contributed by atoms with Gasteiger partial charge in [-0.15, -0.1) is 0 Å². The van der Waals surface area contributed by atoms with Gasteiger partial charge in [0.05, 0.1) is 10.5 Å². The molecule has 0 unspecified atom stereocenters. The van der Waals surface area contributed by atoms with Crippen molar-refractivity contribution in [2.75, 3.05) is 0 Å². The van der Waals surface area contributed by atoms with Gasteiger partial charge in [-0.1, -0.05) is 12.1 Å². The van der Waals surface area contributed by atoms with Crippen LogP contribution in [0.2, 0.25) is 0 Å². The number of sulfonamides is 1. The summed E-state index contributed by atoms with van der Waals surface area (Å²) in [5.41, 5.74) is 2.95. The number of aromatic nitrogens is 1. The van der Waals surface area contributed by atoms with E-state index in [0.717, 1.165) is 11.4 Å². The Balaban J connectivity index is 2.10. The zero-order valence-corrected chi connectivity index (χ0v) is 12.6. The molecule has 1 aromatic heterocycles. The van der Waals surface area contributed by atoms with Crippen LogP contribution in [0.1, 0.15) is 27.3 Å². The predicted molar refractivity (Wildman–Crippen MR) is 79.3 cm³/mol. The number of hydrogen-bond donors (Lipinski definition) is 3. The van der Waals surface area contributed by atoms with E-state index in [2.05, 4.69) is 10.3 Å². The molecule has 1 amide bonds. The number of carbonyl (C=O) groups is 1. The van der Waals surface area contributed by atoms with Crippen molar-refractivity contribution in [2.45, 2.75) is 25.3 Å². The van der Waals surface area contributed by atoms with Gasteiger partial charge in [-0.25, -0.2) is 13.6 Å². The van der Waals surface area contributed by atoms with Crippen LogP contribution in [0.25, 0.3) is 0 Å². The van der Waals surface area contributed by atoms with E-state index < -0.39 is 10.0 Å². The summed E-state index contributed by atoms with van der Waals surface area (Å²) in [7, 11) is -3.74. The van der Waals surface area contributed by atoms with Gasteiger partial charge in [-0.05, 0) is 37.6 Å². The highest BCUT2D eigenvalue weighted by Gasteiger charge is 2.12. The zero-order valence-electron chi connectivity index (χ0n) is 11.8. The summed E-state index contributed by atoms with van der Waals surface area (Å²) in [6, 6.07) is 7.95. The Labute approximate surface area is 123 Å². The number of benzene rings is 1. The van der Waals surface area contributed by atoms with Gasteiger partial charge in [-0.3, -0.25) is 4.79 Å². The molecule has 2 aromatic rings. The number of aryl methyl sites for hydroxylation is 2. The molecule has 0 saturated heterocycles. The normalized spacial score (nSPS) is 11.4. The number of primary sulfonamides is 1. The lowest BCUT2D eigenvalue weighted by molar-refractivity contribution is 0.0950. The van der Waals surface area contributed by atoms with Gasteiger partial charge in [-0.2, -0.15) is 0 Å². The van der Waals surface area contributed by atoms with Crippen molar-refractivity contribution in [3.8, 4) is 0 Å². The molecule has 1 aromatic carbocycles. The highest BCUT2D eigenvalue weighted by Crippen LogP contribution is 2.11. The maximum Gasteiger partial charge on any atom is 0.253 e. The van der Waals surface area contributed by atoms with E-state index in [1.807, 2.05) is 13.8 Å². The van der Waals surface area contributed by atoms with Crippen molar-refractivity contribution < 1.29 is 13.2 Å². The van der Waals surface area contributed by atoms with Gasteiger partial charge in [0.2, 0.25) is 10.0 Å². The number of nitrogens with two attached hydrogens (primary N) is 1. The van der Waals surface area contributed by atoms with Crippen LogP contribution in [0.4, 0.5) is 0 Å². The average molecular weight is 307 g/mol. The molecule has 6 nitrogen and oxygen atoms in total. The van der Waals surface area contributed by atoms with Crippen LogP contribution in [0.15, 0.2) is 35.2 Å². The van der Waals surface area contributed by atoms with E-state index in [1.165, 1.54) is 12.1 Å². The largest absolute Gasteiger partial charge is 0.362 e. The standard InChI is InChI=1S/C14H17N3O3S/c1-9-6-13(10(2)17-9)14(18)16-8-11-4-3-5-12(7-11)21(15,19)20/h3-7,17H,8H2,1-2H3,(H,16,18)(H2,15,19,20). The Morgan fingerprint density at radius 3 is 2.57 bits per heavy atom. The number of hydrogen-bond acceptors (Lipinski definition) is 3. The van der Waals surface area contributed by atoms with Crippen LogP contribution < -0.4 is 10.5 Å². The molecule has 1 heterocycles. The highest BCUT2D eigenvalue weighted by molar-refractivity contribution is 7.89. The number of carbonyl (C=O) groups excluding carboxylic acids is 1. The van der Waals surface area contributed by atoms with Crippen molar-refractivity contribution in [3.63, 3.8) is 0 Å². The van der Waals surface area contributed by atoms with Crippen molar-refractivity contribution >= 4 is 15.9 Å². The van der Waals surface area contributed by atoms with Crippen LogP contribution in [0, 0.1) is 13.8 Å². The lowest BCUT2D eigenvalue weighted by Gasteiger charge is -2.06. The summed E-state index contributed by atoms with van der Waals surface area (Å²) in [4.78, 5) is 15.1. The van der Waals surface area contributed by atoms with Gasteiger partial charge in [0, 0.05) is 17.9 Å². The maximum absolute atomic E-state index is 12.1. The summed E-state index contributed by atoms with van der Waals surface area (Å²) in [5, 5.41) is 7.83. The topological polar surface area (TPSA) is 105 Å². The van der Waals surface area contributed by atoms with Crippen LogP contribution in [-0.4, -0.2) is 19.3 Å². The molecule has 0 radical (unpaired) electrons. The molecule has 21 heavy (non-hydrogen) atoms. The first-order chi connectivity index (χ1) is 9.77. The fraction of sp³-hybridized carbons (Fsp3) is 0.214. The first-order valence-electron chi connectivity index (χ1n) is 6.33. The molecular weight excluding hydrogens is 290 g/mol. The van der Waals surface area contributed by atoms with E-state index in [9.17, 15) is 13.2 Å². The van der Waals surface area contributed by atoms with Crippen LogP contribution >= 0.6 is 0 Å².